The van der Waals surface area contributed by atoms with E-state index < -0.39 is 24.0 Å². The summed E-state index contributed by atoms with van der Waals surface area (Å²) in [6.07, 6.45) is 6.43. The van der Waals surface area contributed by atoms with E-state index in [-0.39, 0.29) is 24.7 Å². The first-order chi connectivity index (χ1) is 15.6. The second kappa shape index (κ2) is 14.3. The molecule has 8 nitrogen and oxygen atoms in total. The van der Waals surface area contributed by atoms with Crippen LogP contribution in [0, 0.1) is 5.92 Å². The molecule has 1 saturated heterocycles. The van der Waals surface area contributed by atoms with Crippen LogP contribution >= 0.6 is 0 Å². The smallest absolute Gasteiger partial charge is 0.330 e. The maximum atomic E-state index is 11.3. The van der Waals surface area contributed by atoms with E-state index in [2.05, 4.69) is 25.5 Å². The summed E-state index contributed by atoms with van der Waals surface area (Å²) in [7, 11) is 1.31. The summed E-state index contributed by atoms with van der Waals surface area (Å²) in [4.78, 5) is 11.3. The summed E-state index contributed by atoms with van der Waals surface area (Å²) < 4.78 is 35.0. The average Bonchev–Trinajstić information content (AvgIpc) is 3.03. The summed E-state index contributed by atoms with van der Waals surface area (Å²) in [5.74, 6) is -0.765. The van der Waals surface area contributed by atoms with E-state index in [1.165, 1.54) is 19.3 Å². The van der Waals surface area contributed by atoms with Gasteiger partial charge in [-0.3, -0.25) is 0 Å². The lowest BCUT2D eigenvalue weighted by Gasteiger charge is -2.55. The van der Waals surface area contributed by atoms with E-state index in [4.69, 9.17) is 23.7 Å². The number of hydrogen-bond donors (Lipinski definition) is 1. The fraction of sp³-hybridized carbons (Fsp3) is 0.875. The number of ether oxygens (including phenoxy) is 6. The van der Waals surface area contributed by atoms with Gasteiger partial charge < -0.3 is 33.5 Å². The Morgan fingerprint density at radius 1 is 1.00 bits per heavy atom. The number of carbonyl (C=O) groups is 1. The summed E-state index contributed by atoms with van der Waals surface area (Å²) in [6, 6.07) is 0. The Bertz CT molecular complexity index is 568. The molecule has 1 aliphatic carbocycles. The SMILES string of the molecule is CCCCOCC12O[C@@H](OC/C=C/C(=O)OC)C(O)C1C(OCCCC)[C@@H]2OCCCC. The van der Waals surface area contributed by atoms with Gasteiger partial charge in [0.2, 0.25) is 0 Å². The zero-order valence-electron chi connectivity index (χ0n) is 20.1. The van der Waals surface area contributed by atoms with Gasteiger partial charge in [0.15, 0.2) is 6.29 Å². The van der Waals surface area contributed by atoms with Gasteiger partial charge in [-0.2, -0.15) is 0 Å². The zero-order chi connectivity index (χ0) is 23.4. The minimum absolute atomic E-state index is 0.110. The van der Waals surface area contributed by atoms with E-state index in [9.17, 15) is 9.90 Å². The van der Waals surface area contributed by atoms with Crippen molar-refractivity contribution in [3.63, 3.8) is 0 Å². The van der Waals surface area contributed by atoms with Crippen LogP contribution in [0.3, 0.4) is 0 Å². The predicted octanol–water partition coefficient (Wildman–Crippen LogP) is 3.01. The van der Waals surface area contributed by atoms with Crippen LogP contribution in [-0.4, -0.2) is 81.4 Å². The molecule has 0 aromatic heterocycles. The van der Waals surface area contributed by atoms with E-state index in [1.807, 2.05) is 0 Å². The maximum Gasteiger partial charge on any atom is 0.330 e. The predicted molar refractivity (Wildman–Crippen MR) is 119 cm³/mol. The molecular weight excluding hydrogens is 416 g/mol. The first kappa shape index (κ1) is 27.2. The Morgan fingerprint density at radius 2 is 1.66 bits per heavy atom. The highest BCUT2D eigenvalue weighted by Crippen LogP contribution is 2.54. The van der Waals surface area contributed by atoms with Crippen LogP contribution in [0.25, 0.3) is 0 Å². The number of aliphatic hydroxyl groups is 1. The van der Waals surface area contributed by atoms with E-state index in [0.29, 0.717) is 26.4 Å². The Hall–Kier alpha value is -1.03. The lowest BCUT2D eigenvalue weighted by atomic mass is 9.63. The molecule has 2 rings (SSSR count). The van der Waals surface area contributed by atoms with Gasteiger partial charge in [-0.25, -0.2) is 4.79 Å². The largest absolute Gasteiger partial charge is 0.466 e. The minimum atomic E-state index is -0.881. The van der Waals surface area contributed by atoms with Gasteiger partial charge in [-0.1, -0.05) is 46.1 Å². The van der Waals surface area contributed by atoms with Crippen molar-refractivity contribution < 1.29 is 38.3 Å². The van der Waals surface area contributed by atoms with Gasteiger partial charge in [0.25, 0.3) is 0 Å². The number of fused-ring (bicyclic) bond motifs is 1. The molecule has 1 N–H and O–H groups in total. The molecule has 0 amide bonds. The highest BCUT2D eigenvalue weighted by molar-refractivity contribution is 5.81. The number of hydrogen-bond acceptors (Lipinski definition) is 8. The van der Waals surface area contributed by atoms with Crippen molar-refractivity contribution in [1.29, 1.82) is 0 Å². The lowest BCUT2D eigenvalue weighted by Crippen LogP contribution is -2.73. The van der Waals surface area contributed by atoms with Gasteiger partial charge in [0.05, 0.1) is 32.3 Å². The number of rotatable bonds is 17. The lowest BCUT2D eigenvalue weighted by molar-refractivity contribution is -0.308. The Morgan fingerprint density at radius 3 is 2.31 bits per heavy atom. The molecule has 32 heavy (non-hydrogen) atoms. The third-order valence-corrected chi connectivity index (χ3v) is 6.07. The second-order valence-electron chi connectivity index (χ2n) is 8.46. The number of carbonyl (C=O) groups excluding carboxylic acids is 1. The van der Waals surface area contributed by atoms with Crippen LogP contribution in [0.1, 0.15) is 59.3 Å². The van der Waals surface area contributed by atoms with E-state index in [0.717, 1.165) is 38.5 Å². The Kier molecular flexibility index (Phi) is 12.1. The highest BCUT2D eigenvalue weighted by atomic mass is 16.7. The topological polar surface area (TPSA) is 92.7 Å². The minimum Gasteiger partial charge on any atom is -0.466 e. The molecule has 1 saturated carbocycles. The quantitative estimate of drug-likeness (QED) is 0.202. The van der Waals surface area contributed by atoms with Crippen LogP contribution in [0.15, 0.2) is 12.2 Å². The fourth-order valence-electron chi connectivity index (χ4n) is 4.23. The van der Waals surface area contributed by atoms with Crippen molar-refractivity contribution in [2.24, 2.45) is 5.92 Å². The zero-order valence-corrected chi connectivity index (χ0v) is 20.1. The van der Waals surface area contributed by atoms with Crippen LogP contribution in [0.4, 0.5) is 0 Å². The molecule has 0 aromatic carbocycles. The van der Waals surface area contributed by atoms with Crippen molar-refractivity contribution in [2.75, 3.05) is 40.1 Å². The van der Waals surface area contributed by atoms with Crippen LogP contribution in [0.5, 0.6) is 0 Å². The molecule has 186 valence electrons. The Labute approximate surface area is 192 Å². The summed E-state index contributed by atoms with van der Waals surface area (Å²) in [6.45, 7) is 8.61. The molecule has 0 aromatic rings. The second-order valence-corrected chi connectivity index (χ2v) is 8.46. The maximum absolute atomic E-state index is 11.3. The van der Waals surface area contributed by atoms with Crippen LogP contribution in [0.2, 0.25) is 0 Å². The summed E-state index contributed by atoms with van der Waals surface area (Å²) >= 11 is 0. The Balaban J connectivity index is 2.12. The molecular formula is C24H42O8. The third-order valence-electron chi connectivity index (χ3n) is 6.07. The first-order valence-corrected chi connectivity index (χ1v) is 12.1. The monoisotopic (exact) mass is 458 g/mol. The number of unbranched alkanes of at least 4 members (excludes halogenated alkanes) is 3. The van der Waals surface area contributed by atoms with Crippen molar-refractivity contribution in [3.8, 4) is 0 Å². The normalized spacial score (nSPS) is 31.6. The van der Waals surface area contributed by atoms with Crippen molar-refractivity contribution in [2.45, 2.75) is 89.5 Å². The molecule has 2 fully saturated rings. The van der Waals surface area contributed by atoms with Gasteiger partial charge >= 0.3 is 5.97 Å². The molecule has 1 heterocycles. The third kappa shape index (κ3) is 6.74. The molecule has 1 aliphatic heterocycles. The molecule has 0 spiro atoms. The van der Waals surface area contributed by atoms with E-state index >= 15 is 0 Å². The van der Waals surface area contributed by atoms with Crippen molar-refractivity contribution >= 4 is 5.97 Å². The first-order valence-electron chi connectivity index (χ1n) is 12.1. The number of methoxy groups -OCH3 is 1. The van der Waals surface area contributed by atoms with Crippen molar-refractivity contribution in [3.05, 3.63) is 12.2 Å². The molecule has 0 radical (unpaired) electrons. The van der Waals surface area contributed by atoms with Crippen LogP contribution in [-0.2, 0) is 33.2 Å². The highest BCUT2D eigenvalue weighted by Gasteiger charge is 2.73. The van der Waals surface area contributed by atoms with Crippen LogP contribution < -0.4 is 0 Å². The standard InChI is InChI=1S/C24H42O8/c1-5-8-13-28-17-24-19(20(26)23(32-24)31-16-11-12-18(25)27-4)21(29-14-9-6-2)22(24)30-15-10-7-3/h11-12,19-23,26H,5-10,13-17H2,1-4H3/b12-11+/t19?,20?,21?,22-,23+,24?/m0/s1. The summed E-state index contributed by atoms with van der Waals surface area (Å²) in [5, 5.41) is 11.1. The molecule has 0 bridgehead atoms. The number of aliphatic hydroxyl groups excluding tert-OH is 1. The molecule has 2 aliphatic rings. The van der Waals surface area contributed by atoms with E-state index in [1.54, 1.807) is 0 Å². The van der Waals surface area contributed by atoms with Crippen molar-refractivity contribution in [1.82, 2.24) is 0 Å². The van der Waals surface area contributed by atoms with Gasteiger partial charge in [-0.15, -0.1) is 0 Å². The van der Waals surface area contributed by atoms with Gasteiger partial charge in [0, 0.05) is 25.9 Å². The summed E-state index contributed by atoms with van der Waals surface area (Å²) in [5.41, 5.74) is -0.811. The fourth-order valence-corrected chi connectivity index (χ4v) is 4.23. The average molecular weight is 459 g/mol. The molecule has 6 atom stereocenters. The van der Waals surface area contributed by atoms with Gasteiger partial charge in [-0.05, 0) is 19.3 Å². The van der Waals surface area contributed by atoms with Gasteiger partial charge in [0.1, 0.15) is 17.8 Å². The number of esters is 1. The molecule has 4 unspecified atom stereocenters. The molecule has 8 heteroatoms.